The van der Waals surface area contributed by atoms with Crippen LogP contribution in [-0.4, -0.2) is 127 Å². The SMILES string of the molecule is C.C.N[C@H](CN1CCC1)[C@H](O)c1cc(F)c2c(c1)OCCO2.O=C(N[C@H](CN1CCC1)[C@H](O)c1cc(F)c2c(c1)OCCO2)C(F)(F)C1Cc2ccc(Cl)cc2C1.O=C(O)C(F)(F)C1Cc2ccc(Cl)cc2C1.[HH]. The molecule has 2 saturated heterocycles. The average molecular weight is 1070 g/mol. The quantitative estimate of drug-likeness (QED) is 0.0809. The zero-order valence-corrected chi connectivity index (χ0v) is 39.8. The lowest BCUT2D eigenvalue weighted by Crippen LogP contribution is -2.55. The standard InChI is InChI=1S/C25H26ClF3N2O4.C14H19FN2O3.C11H9ClF2O2.2CH4.H2/c26-18-3-2-14-8-17(9-15(14)10-18)25(28,29)24(33)30-20(13-31-4-1-5-31)22(32)16-11-19(27)23-21(12-16)34-6-7-35-23;15-10-6-9(7-12-14(10)20-5-4-19-12)13(18)11(16)8-17-2-1-3-17;12-9-2-1-6-3-8(4-7(6)5-9)11(13,14)10(15)16;;;/h2-3,10-12,17,20,22,32H,1,4-9,13H2,(H,30,33);6-7,11,13,18H,1-5,8,16H2;1-2,5,8H,3-4H2,(H,15,16);2*1H4;1H/t17?,20-,22-;11-,13-;;;;/m11..../s1. The number of aliphatic hydroxyl groups is 2. The Labute approximate surface area is 431 Å². The van der Waals surface area contributed by atoms with Crippen LogP contribution in [0.2, 0.25) is 10.0 Å². The molecule has 402 valence electrons. The normalized spacial score (nSPS) is 20.2. The Morgan fingerprint density at radius 1 is 0.658 bits per heavy atom. The fourth-order valence-corrected chi connectivity index (χ4v) is 9.81. The molecule has 21 heteroatoms. The number of fused-ring (bicyclic) bond motifs is 4. The number of amides is 1. The molecule has 4 aromatic rings. The van der Waals surface area contributed by atoms with Crippen molar-refractivity contribution in [2.24, 2.45) is 17.6 Å². The number of carboxylic acid groups (broad SMARTS) is 1. The Kier molecular flexibility index (Phi) is 18.9. The molecule has 6 atom stereocenters. The van der Waals surface area contributed by atoms with E-state index in [4.69, 9.17) is 53.0 Å². The van der Waals surface area contributed by atoms with Crippen molar-refractivity contribution in [2.45, 2.75) is 89.5 Å². The van der Waals surface area contributed by atoms with Crippen molar-refractivity contribution in [1.29, 1.82) is 0 Å². The minimum absolute atomic E-state index is 0. The Morgan fingerprint density at radius 2 is 1.08 bits per heavy atom. The number of nitrogens with one attached hydrogen (secondary N) is 1. The van der Waals surface area contributed by atoms with E-state index in [0.717, 1.165) is 55.4 Å². The second-order valence-corrected chi connectivity index (χ2v) is 19.5. The van der Waals surface area contributed by atoms with E-state index in [-0.39, 0.29) is 84.5 Å². The van der Waals surface area contributed by atoms with E-state index >= 15 is 8.78 Å². The number of alkyl halides is 4. The van der Waals surface area contributed by atoms with Crippen LogP contribution in [0.15, 0.2) is 60.7 Å². The van der Waals surface area contributed by atoms with Gasteiger partial charge in [0.25, 0.3) is 5.91 Å². The summed E-state index contributed by atoms with van der Waals surface area (Å²) in [6, 6.07) is 13.8. The highest BCUT2D eigenvalue weighted by atomic mass is 35.5. The Bertz CT molecular complexity index is 2600. The molecule has 2 aliphatic carbocycles. The summed E-state index contributed by atoms with van der Waals surface area (Å²) in [5.41, 5.74) is 9.48. The maximum absolute atomic E-state index is 15.3. The van der Waals surface area contributed by atoms with Crippen molar-refractivity contribution in [2.75, 3.05) is 65.7 Å². The Balaban J connectivity index is 0.000000221. The van der Waals surface area contributed by atoms with Gasteiger partial charge in [-0.1, -0.05) is 50.2 Å². The first kappa shape index (κ1) is 57.3. The molecule has 4 aliphatic heterocycles. The van der Waals surface area contributed by atoms with Crippen LogP contribution >= 0.6 is 23.2 Å². The van der Waals surface area contributed by atoms with Crippen LogP contribution in [-0.2, 0) is 35.3 Å². The predicted molar refractivity (Wildman–Crippen MR) is 265 cm³/mol. The number of likely N-dealkylation sites (tertiary alicyclic amines) is 2. The molecule has 0 spiro atoms. The number of hydrogen-bond donors (Lipinski definition) is 5. The van der Waals surface area contributed by atoms with Crippen molar-refractivity contribution in [1.82, 2.24) is 15.1 Å². The summed E-state index contributed by atoms with van der Waals surface area (Å²) in [4.78, 5) is 27.4. The molecule has 0 aromatic heterocycles. The number of carboxylic acids is 1. The number of rotatable bonds is 13. The number of carbonyl (C=O) groups is 2. The molecular formula is C52H64Cl2F6N4O9. The zero-order chi connectivity index (χ0) is 50.8. The molecule has 4 aromatic carbocycles. The van der Waals surface area contributed by atoms with Gasteiger partial charge in [0.05, 0.1) is 12.1 Å². The van der Waals surface area contributed by atoms with Gasteiger partial charge in [-0.15, -0.1) is 0 Å². The van der Waals surface area contributed by atoms with Gasteiger partial charge in [0.2, 0.25) is 0 Å². The second kappa shape index (κ2) is 24.1. The summed E-state index contributed by atoms with van der Waals surface area (Å²) in [7, 11) is 0. The predicted octanol–water partition coefficient (Wildman–Crippen LogP) is 8.48. The first-order valence-corrected chi connectivity index (χ1v) is 24.1. The summed E-state index contributed by atoms with van der Waals surface area (Å²) in [6.07, 6.45) is 0.000700. The van der Waals surface area contributed by atoms with E-state index in [1.165, 1.54) is 18.6 Å². The molecule has 6 N–H and O–H groups in total. The molecule has 0 bridgehead atoms. The van der Waals surface area contributed by atoms with E-state index in [9.17, 15) is 37.4 Å². The van der Waals surface area contributed by atoms with Gasteiger partial charge < -0.3 is 55.1 Å². The molecule has 2 fully saturated rings. The van der Waals surface area contributed by atoms with Gasteiger partial charge in [-0.25, -0.2) is 13.6 Å². The molecule has 1 amide bonds. The van der Waals surface area contributed by atoms with Crippen molar-refractivity contribution < 1.29 is 71.6 Å². The monoisotopic (exact) mass is 1070 g/mol. The van der Waals surface area contributed by atoms with Gasteiger partial charge in [0.15, 0.2) is 34.6 Å². The number of ether oxygens (including phenoxy) is 4. The molecule has 0 radical (unpaired) electrons. The second-order valence-electron chi connectivity index (χ2n) is 18.6. The highest BCUT2D eigenvalue weighted by Gasteiger charge is 2.51. The summed E-state index contributed by atoms with van der Waals surface area (Å²) in [5, 5.41) is 33.1. The van der Waals surface area contributed by atoms with Crippen molar-refractivity contribution in [3.8, 4) is 23.0 Å². The van der Waals surface area contributed by atoms with Crippen LogP contribution in [0.4, 0.5) is 26.3 Å². The summed E-state index contributed by atoms with van der Waals surface area (Å²) in [5.74, 6) is -14.0. The molecule has 0 saturated carbocycles. The van der Waals surface area contributed by atoms with E-state index in [0.29, 0.717) is 46.7 Å². The largest absolute Gasteiger partial charge is 0.486 e. The number of aliphatic hydroxyl groups excluding tert-OH is 2. The van der Waals surface area contributed by atoms with Crippen molar-refractivity contribution >= 4 is 35.1 Å². The zero-order valence-electron chi connectivity index (χ0n) is 38.3. The number of carbonyl (C=O) groups excluding carboxylic acids is 1. The Hall–Kier alpha value is -5.02. The number of nitrogens with zero attached hydrogens (tertiary/aromatic N) is 2. The topological polar surface area (TPSA) is 176 Å². The van der Waals surface area contributed by atoms with Gasteiger partial charge in [-0.3, -0.25) is 4.79 Å². The number of nitrogens with two attached hydrogens (primary N) is 1. The summed E-state index contributed by atoms with van der Waals surface area (Å²) < 4.78 is 107. The van der Waals surface area contributed by atoms with E-state index in [1.807, 2.05) is 4.90 Å². The maximum atomic E-state index is 15.3. The lowest BCUT2D eigenvalue weighted by Gasteiger charge is -2.37. The number of halogens is 8. The average Bonchev–Trinajstić information content (AvgIpc) is 3.96. The van der Waals surface area contributed by atoms with Crippen LogP contribution in [0.5, 0.6) is 23.0 Å². The molecule has 13 nitrogen and oxygen atoms in total. The third-order valence-electron chi connectivity index (χ3n) is 13.7. The van der Waals surface area contributed by atoms with E-state index in [1.54, 1.807) is 42.5 Å². The van der Waals surface area contributed by atoms with Crippen molar-refractivity contribution in [3.05, 3.63) is 116 Å². The van der Waals surface area contributed by atoms with Crippen LogP contribution in [0.1, 0.15) is 74.7 Å². The third kappa shape index (κ3) is 13.1. The van der Waals surface area contributed by atoms with Crippen LogP contribution < -0.4 is 30.0 Å². The molecular weight excluding hydrogens is 1010 g/mol. The van der Waals surface area contributed by atoms with Gasteiger partial charge in [0.1, 0.15) is 32.5 Å². The van der Waals surface area contributed by atoms with Crippen LogP contribution in [0.3, 0.4) is 0 Å². The van der Waals surface area contributed by atoms with Crippen molar-refractivity contribution in [3.63, 3.8) is 0 Å². The number of hydrogen-bond acceptors (Lipinski definition) is 11. The fourth-order valence-electron chi connectivity index (χ4n) is 9.42. The maximum Gasteiger partial charge on any atom is 0.374 e. The minimum atomic E-state index is -3.68. The first-order valence-electron chi connectivity index (χ1n) is 23.4. The number of benzene rings is 4. The molecule has 6 aliphatic rings. The minimum Gasteiger partial charge on any atom is -0.486 e. The van der Waals surface area contributed by atoms with Gasteiger partial charge >= 0.3 is 17.8 Å². The lowest BCUT2D eigenvalue weighted by molar-refractivity contribution is -0.172. The summed E-state index contributed by atoms with van der Waals surface area (Å²) >= 11 is 11.7. The van der Waals surface area contributed by atoms with Gasteiger partial charge in [-0.2, -0.15) is 17.6 Å². The first-order chi connectivity index (χ1) is 33.8. The molecule has 4 heterocycles. The van der Waals surface area contributed by atoms with E-state index in [2.05, 4.69) is 10.2 Å². The van der Waals surface area contributed by atoms with Crippen LogP contribution in [0, 0.1) is 23.5 Å². The fraction of sp³-hybridized carbons (Fsp3) is 0.500. The Morgan fingerprint density at radius 3 is 1.53 bits per heavy atom. The van der Waals surface area contributed by atoms with Gasteiger partial charge in [0, 0.05) is 42.4 Å². The number of aliphatic carboxylic acids is 1. The molecule has 2 unspecified atom stereocenters. The highest BCUT2D eigenvalue weighted by Crippen LogP contribution is 2.42. The highest BCUT2D eigenvalue weighted by molar-refractivity contribution is 6.31. The lowest BCUT2D eigenvalue weighted by atomic mass is 9.95. The van der Waals surface area contributed by atoms with Crippen LogP contribution in [0.25, 0.3) is 0 Å². The third-order valence-corrected chi connectivity index (χ3v) is 14.1. The summed E-state index contributed by atoms with van der Waals surface area (Å²) in [6.45, 7) is 5.37. The smallest absolute Gasteiger partial charge is 0.374 e. The molecule has 73 heavy (non-hydrogen) atoms. The van der Waals surface area contributed by atoms with Gasteiger partial charge in [-0.05, 0) is 147 Å². The molecule has 10 rings (SSSR count). The van der Waals surface area contributed by atoms with E-state index < -0.39 is 71.5 Å².